The van der Waals surface area contributed by atoms with E-state index < -0.39 is 0 Å². The van der Waals surface area contributed by atoms with Gasteiger partial charge in [-0.3, -0.25) is 0 Å². The second-order valence-electron chi connectivity index (χ2n) is 4.07. The van der Waals surface area contributed by atoms with Crippen molar-refractivity contribution in [1.29, 1.82) is 5.26 Å². The molecule has 15 heavy (non-hydrogen) atoms. The lowest BCUT2D eigenvalue weighted by atomic mass is 10.2. The van der Waals surface area contributed by atoms with Crippen LogP contribution in [0.4, 0.5) is 0 Å². The molecule has 0 amide bonds. The summed E-state index contributed by atoms with van der Waals surface area (Å²) in [6.07, 6.45) is 5.74. The Morgan fingerprint density at radius 3 is 2.07 bits per heavy atom. The van der Waals surface area contributed by atoms with Crippen LogP contribution >= 0.6 is 0 Å². The van der Waals surface area contributed by atoms with E-state index >= 15 is 0 Å². The molecule has 0 saturated heterocycles. The maximum Gasteiger partial charge on any atom is 0.0940 e. The zero-order chi connectivity index (χ0) is 11.5. The standard InChI is InChI=1S/C12H25N3/c1-3-5-8-15(9-6-4-2)10-7-12(14)11-13/h12H,3-10,14H2,1-2H3. The SMILES string of the molecule is CCCCN(CCCC)CCC(N)C#N. The Hall–Kier alpha value is -0.590. The highest BCUT2D eigenvalue weighted by atomic mass is 15.1. The Kier molecular flexibility index (Phi) is 9.55. The van der Waals surface area contributed by atoms with Gasteiger partial charge in [-0.05, 0) is 32.4 Å². The zero-order valence-electron chi connectivity index (χ0n) is 10.2. The average Bonchev–Trinajstić information content (AvgIpc) is 2.27. The van der Waals surface area contributed by atoms with Crippen LogP contribution < -0.4 is 5.73 Å². The van der Waals surface area contributed by atoms with Crippen molar-refractivity contribution < 1.29 is 0 Å². The molecule has 1 unspecified atom stereocenters. The van der Waals surface area contributed by atoms with Gasteiger partial charge in [-0.1, -0.05) is 26.7 Å². The topological polar surface area (TPSA) is 53.0 Å². The third-order valence-electron chi connectivity index (χ3n) is 2.58. The molecule has 0 radical (unpaired) electrons. The van der Waals surface area contributed by atoms with Crippen LogP contribution in [0.2, 0.25) is 0 Å². The van der Waals surface area contributed by atoms with E-state index in [1.54, 1.807) is 0 Å². The molecule has 0 saturated carbocycles. The van der Waals surface area contributed by atoms with Gasteiger partial charge in [0.05, 0.1) is 12.1 Å². The number of hydrogen-bond donors (Lipinski definition) is 1. The van der Waals surface area contributed by atoms with Crippen LogP contribution in [-0.2, 0) is 0 Å². The van der Waals surface area contributed by atoms with E-state index in [-0.39, 0.29) is 6.04 Å². The van der Waals surface area contributed by atoms with Crippen LogP contribution in [0.25, 0.3) is 0 Å². The molecule has 0 aliphatic rings. The fourth-order valence-electron chi connectivity index (χ4n) is 1.49. The largest absolute Gasteiger partial charge is 0.316 e. The molecule has 0 aliphatic carbocycles. The van der Waals surface area contributed by atoms with E-state index in [2.05, 4.69) is 24.8 Å². The Labute approximate surface area is 94.2 Å². The van der Waals surface area contributed by atoms with Gasteiger partial charge in [-0.25, -0.2) is 0 Å². The molecule has 88 valence electrons. The van der Waals surface area contributed by atoms with Gasteiger partial charge in [0.1, 0.15) is 0 Å². The number of nitriles is 1. The van der Waals surface area contributed by atoms with Gasteiger partial charge in [0.15, 0.2) is 0 Å². The first-order valence-corrected chi connectivity index (χ1v) is 6.12. The number of nitrogens with two attached hydrogens (primary N) is 1. The molecule has 0 rings (SSSR count). The molecule has 0 aliphatic heterocycles. The summed E-state index contributed by atoms with van der Waals surface area (Å²) < 4.78 is 0. The summed E-state index contributed by atoms with van der Waals surface area (Å²) in [5.41, 5.74) is 5.59. The van der Waals surface area contributed by atoms with Crippen LogP contribution in [0.15, 0.2) is 0 Å². The van der Waals surface area contributed by atoms with Gasteiger partial charge < -0.3 is 10.6 Å². The first kappa shape index (κ1) is 14.4. The Bertz CT molecular complexity index is 166. The first-order valence-electron chi connectivity index (χ1n) is 6.12. The van der Waals surface area contributed by atoms with Crippen molar-refractivity contribution in [1.82, 2.24) is 4.90 Å². The van der Waals surface area contributed by atoms with Gasteiger partial charge in [-0.2, -0.15) is 5.26 Å². The van der Waals surface area contributed by atoms with E-state index in [0.29, 0.717) is 0 Å². The van der Waals surface area contributed by atoms with E-state index in [4.69, 9.17) is 11.0 Å². The van der Waals surface area contributed by atoms with Gasteiger partial charge in [-0.15, -0.1) is 0 Å². The maximum atomic E-state index is 8.61. The van der Waals surface area contributed by atoms with Crippen molar-refractivity contribution in [3.63, 3.8) is 0 Å². The Morgan fingerprint density at radius 1 is 1.13 bits per heavy atom. The second kappa shape index (κ2) is 9.95. The lowest BCUT2D eigenvalue weighted by molar-refractivity contribution is 0.259. The predicted octanol–water partition coefficient (Wildman–Crippen LogP) is 2.13. The van der Waals surface area contributed by atoms with Crippen LogP contribution in [0.1, 0.15) is 46.0 Å². The highest BCUT2D eigenvalue weighted by Crippen LogP contribution is 2.01. The van der Waals surface area contributed by atoms with Crippen molar-refractivity contribution in [3.8, 4) is 6.07 Å². The first-order chi connectivity index (χ1) is 7.24. The zero-order valence-corrected chi connectivity index (χ0v) is 10.2. The molecule has 3 heteroatoms. The summed E-state index contributed by atoms with van der Waals surface area (Å²) in [4.78, 5) is 2.43. The van der Waals surface area contributed by atoms with E-state index in [0.717, 1.165) is 26.1 Å². The summed E-state index contributed by atoms with van der Waals surface area (Å²) in [7, 11) is 0. The maximum absolute atomic E-state index is 8.61. The van der Waals surface area contributed by atoms with Crippen LogP contribution in [0, 0.1) is 11.3 Å². The lowest BCUT2D eigenvalue weighted by Crippen LogP contribution is -2.31. The van der Waals surface area contributed by atoms with Gasteiger partial charge in [0, 0.05) is 6.54 Å². The second-order valence-corrected chi connectivity index (χ2v) is 4.07. The van der Waals surface area contributed by atoms with Gasteiger partial charge in [0.2, 0.25) is 0 Å². The molecule has 0 aromatic heterocycles. The summed E-state index contributed by atoms with van der Waals surface area (Å²) in [5.74, 6) is 0. The molecule has 2 N–H and O–H groups in total. The smallest absolute Gasteiger partial charge is 0.0940 e. The normalized spacial score (nSPS) is 12.7. The fraction of sp³-hybridized carbons (Fsp3) is 0.917. The number of rotatable bonds is 9. The highest BCUT2D eigenvalue weighted by molar-refractivity contribution is 4.86. The van der Waals surface area contributed by atoms with Crippen molar-refractivity contribution >= 4 is 0 Å². The summed E-state index contributed by atoms with van der Waals surface area (Å²) in [6.45, 7) is 7.68. The summed E-state index contributed by atoms with van der Waals surface area (Å²) >= 11 is 0. The lowest BCUT2D eigenvalue weighted by Gasteiger charge is -2.22. The molecule has 0 heterocycles. The minimum absolute atomic E-state index is 0.296. The third kappa shape index (κ3) is 8.41. The highest BCUT2D eigenvalue weighted by Gasteiger charge is 2.06. The molecule has 0 bridgehead atoms. The third-order valence-corrected chi connectivity index (χ3v) is 2.58. The van der Waals surface area contributed by atoms with Gasteiger partial charge >= 0.3 is 0 Å². The minimum Gasteiger partial charge on any atom is -0.316 e. The average molecular weight is 211 g/mol. The number of unbranched alkanes of at least 4 members (excludes halogenated alkanes) is 2. The molecule has 3 nitrogen and oxygen atoms in total. The van der Waals surface area contributed by atoms with Gasteiger partial charge in [0.25, 0.3) is 0 Å². The van der Waals surface area contributed by atoms with Crippen LogP contribution in [-0.4, -0.2) is 30.6 Å². The van der Waals surface area contributed by atoms with E-state index in [9.17, 15) is 0 Å². The van der Waals surface area contributed by atoms with E-state index in [1.807, 2.05) is 0 Å². The summed E-state index contributed by atoms with van der Waals surface area (Å²) in [6, 6.07) is 1.79. The summed E-state index contributed by atoms with van der Waals surface area (Å²) in [5, 5.41) is 8.61. The van der Waals surface area contributed by atoms with Crippen molar-refractivity contribution in [2.45, 2.75) is 52.0 Å². The molecule has 0 fully saturated rings. The molecule has 0 aromatic carbocycles. The molecular formula is C12H25N3. The minimum atomic E-state index is -0.296. The van der Waals surface area contributed by atoms with Crippen LogP contribution in [0.3, 0.4) is 0 Å². The number of nitrogens with zero attached hydrogens (tertiary/aromatic N) is 2. The quantitative estimate of drug-likeness (QED) is 0.635. The molecule has 1 atom stereocenters. The molecular weight excluding hydrogens is 186 g/mol. The van der Waals surface area contributed by atoms with Crippen molar-refractivity contribution in [2.24, 2.45) is 5.73 Å². The van der Waals surface area contributed by atoms with E-state index in [1.165, 1.54) is 25.7 Å². The van der Waals surface area contributed by atoms with Crippen molar-refractivity contribution in [2.75, 3.05) is 19.6 Å². The molecule has 0 aromatic rings. The number of hydrogen-bond acceptors (Lipinski definition) is 3. The molecule has 0 spiro atoms. The fourth-order valence-corrected chi connectivity index (χ4v) is 1.49. The monoisotopic (exact) mass is 211 g/mol. The Balaban J connectivity index is 3.74. The van der Waals surface area contributed by atoms with Crippen LogP contribution in [0.5, 0.6) is 0 Å². The predicted molar refractivity (Wildman–Crippen MR) is 64.5 cm³/mol. The van der Waals surface area contributed by atoms with Crippen molar-refractivity contribution in [3.05, 3.63) is 0 Å². The Morgan fingerprint density at radius 2 is 1.67 bits per heavy atom.